The maximum atomic E-state index is 13.8. The number of carbonyl (C=O) groups is 1. The van der Waals surface area contributed by atoms with Crippen LogP contribution in [0, 0.1) is 6.92 Å². The van der Waals surface area contributed by atoms with Gasteiger partial charge in [-0.3, -0.25) is 14.2 Å². The second-order valence-corrected chi connectivity index (χ2v) is 9.12. The quantitative estimate of drug-likeness (QED) is 0.503. The molecule has 4 rings (SSSR count). The lowest BCUT2D eigenvalue weighted by Gasteiger charge is -2.30. The number of nitrogens with zero attached hydrogens (tertiary/aromatic N) is 3. The van der Waals surface area contributed by atoms with Crippen molar-refractivity contribution in [2.24, 2.45) is 4.99 Å². The van der Waals surface area contributed by atoms with Gasteiger partial charge in [-0.05, 0) is 58.0 Å². The fraction of sp³-hybridized carbons (Fsp3) is 0.346. The summed E-state index contributed by atoms with van der Waals surface area (Å²) < 4.78 is 18.8. The molecule has 0 aliphatic carbocycles. The van der Waals surface area contributed by atoms with Gasteiger partial charge in [0.2, 0.25) is 0 Å². The molecule has 0 N–H and O–H groups in total. The second-order valence-electron chi connectivity index (χ2n) is 8.12. The first-order chi connectivity index (χ1) is 16.8. The van der Waals surface area contributed by atoms with E-state index in [1.54, 1.807) is 41.9 Å². The number of amides is 1. The van der Waals surface area contributed by atoms with Crippen LogP contribution in [0.1, 0.15) is 43.9 Å². The van der Waals surface area contributed by atoms with Crippen LogP contribution in [0.3, 0.4) is 0 Å². The molecule has 8 nitrogen and oxygen atoms in total. The van der Waals surface area contributed by atoms with E-state index in [2.05, 4.69) is 0 Å². The van der Waals surface area contributed by atoms with E-state index >= 15 is 0 Å². The van der Waals surface area contributed by atoms with E-state index in [1.807, 2.05) is 45.9 Å². The van der Waals surface area contributed by atoms with E-state index < -0.39 is 6.04 Å². The zero-order valence-corrected chi connectivity index (χ0v) is 21.6. The molecule has 1 aromatic carbocycles. The summed E-state index contributed by atoms with van der Waals surface area (Å²) in [6.45, 7) is 8.59. The molecule has 1 aliphatic heterocycles. The van der Waals surface area contributed by atoms with E-state index in [1.165, 1.54) is 11.3 Å². The smallest absolute Gasteiger partial charge is 0.271 e. The van der Waals surface area contributed by atoms with Crippen molar-refractivity contribution in [3.05, 3.63) is 78.4 Å². The third kappa shape index (κ3) is 4.43. The molecule has 0 bridgehead atoms. The molecule has 3 aromatic rings. The van der Waals surface area contributed by atoms with Gasteiger partial charge in [0.25, 0.3) is 11.5 Å². The number of aromatic nitrogens is 1. The monoisotopic (exact) mass is 495 g/mol. The zero-order valence-electron chi connectivity index (χ0n) is 20.7. The normalized spacial score (nSPS) is 15.6. The molecule has 35 heavy (non-hydrogen) atoms. The first-order valence-corrected chi connectivity index (χ1v) is 12.2. The summed E-state index contributed by atoms with van der Waals surface area (Å²) in [5, 5.41) is 0. The molecule has 0 fully saturated rings. The second kappa shape index (κ2) is 9.95. The summed E-state index contributed by atoms with van der Waals surface area (Å²) in [5.41, 5.74) is 1.40. The van der Waals surface area contributed by atoms with Gasteiger partial charge in [-0.15, -0.1) is 0 Å². The third-order valence-corrected chi connectivity index (χ3v) is 7.05. The third-order valence-electron chi connectivity index (χ3n) is 6.07. The van der Waals surface area contributed by atoms with E-state index in [4.69, 9.17) is 18.9 Å². The minimum atomic E-state index is -0.732. The molecule has 184 valence electrons. The fourth-order valence-electron chi connectivity index (χ4n) is 4.28. The molecular weight excluding hydrogens is 466 g/mol. The summed E-state index contributed by atoms with van der Waals surface area (Å²) in [6, 6.07) is 8.31. The molecule has 0 unspecified atom stereocenters. The van der Waals surface area contributed by atoms with Crippen molar-refractivity contribution in [3.8, 4) is 11.5 Å². The maximum Gasteiger partial charge on any atom is 0.271 e. The summed E-state index contributed by atoms with van der Waals surface area (Å²) in [5.74, 6) is 2.32. The first kappa shape index (κ1) is 24.5. The molecule has 0 radical (unpaired) electrons. The SMILES string of the molecule is CCN(CC)C(=O)C1=C(C)N=c2s/c(=C/c3ccc(C)o3)c(=O)n2[C@H]1c1cc(OC)ccc1OC. The molecule has 1 atom stereocenters. The van der Waals surface area contributed by atoms with Crippen molar-refractivity contribution in [2.45, 2.75) is 33.7 Å². The number of fused-ring (bicyclic) bond motifs is 1. The molecule has 0 saturated heterocycles. The summed E-state index contributed by atoms with van der Waals surface area (Å²) in [4.78, 5) is 34.4. The Kier molecular flexibility index (Phi) is 6.98. The molecule has 9 heteroatoms. The minimum Gasteiger partial charge on any atom is -0.497 e. The highest BCUT2D eigenvalue weighted by atomic mass is 32.1. The predicted octanol–water partition coefficient (Wildman–Crippen LogP) is 3.02. The van der Waals surface area contributed by atoms with Crippen molar-refractivity contribution >= 4 is 23.3 Å². The Balaban J connectivity index is 2.03. The Morgan fingerprint density at radius 3 is 2.51 bits per heavy atom. The average molecular weight is 496 g/mol. The zero-order chi connectivity index (χ0) is 25.3. The van der Waals surface area contributed by atoms with Crippen LogP contribution in [0.2, 0.25) is 0 Å². The van der Waals surface area contributed by atoms with Crippen molar-refractivity contribution in [1.82, 2.24) is 9.47 Å². The van der Waals surface area contributed by atoms with Gasteiger partial charge < -0.3 is 18.8 Å². The van der Waals surface area contributed by atoms with Crippen molar-refractivity contribution in [3.63, 3.8) is 0 Å². The van der Waals surface area contributed by atoms with Crippen LogP contribution in [0.4, 0.5) is 0 Å². The lowest BCUT2D eigenvalue weighted by molar-refractivity contribution is -0.127. The summed E-state index contributed by atoms with van der Waals surface area (Å²) >= 11 is 1.26. The number of hydrogen-bond donors (Lipinski definition) is 0. The Labute approximate surface area is 207 Å². The molecule has 1 aliphatic rings. The van der Waals surface area contributed by atoms with Gasteiger partial charge in [-0.25, -0.2) is 4.99 Å². The molecule has 2 aromatic heterocycles. The number of furan rings is 1. The lowest BCUT2D eigenvalue weighted by Crippen LogP contribution is -2.43. The van der Waals surface area contributed by atoms with Crippen molar-refractivity contribution in [2.75, 3.05) is 27.3 Å². The van der Waals surface area contributed by atoms with Gasteiger partial charge >= 0.3 is 0 Å². The molecule has 0 spiro atoms. The predicted molar refractivity (Wildman–Crippen MR) is 135 cm³/mol. The fourth-order valence-corrected chi connectivity index (χ4v) is 5.31. The van der Waals surface area contributed by atoms with Gasteiger partial charge in [-0.2, -0.15) is 0 Å². The van der Waals surface area contributed by atoms with Gasteiger partial charge in [-0.1, -0.05) is 11.3 Å². The Morgan fingerprint density at radius 1 is 1.17 bits per heavy atom. The molecule has 1 amide bonds. The molecule has 3 heterocycles. The van der Waals surface area contributed by atoms with Crippen LogP contribution in [-0.4, -0.2) is 42.7 Å². The Bertz CT molecular complexity index is 1470. The lowest BCUT2D eigenvalue weighted by atomic mass is 9.93. The van der Waals surface area contributed by atoms with Crippen LogP contribution < -0.4 is 24.4 Å². The Morgan fingerprint density at radius 2 is 1.91 bits per heavy atom. The standard InChI is InChI=1S/C26H29N3O5S/c1-7-28(8-2)25(31)22-16(4)27-26-29(23(22)19-13-17(32-5)11-12-20(19)33-6)24(30)21(35-26)14-18-10-9-15(3)34-18/h9-14,23H,7-8H2,1-6H3/b21-14+/t23-/m0/s1. The topological polar surface area (TPSA) is 86.3 Å². The van der Waals surface area contributed by atoms with Gasteiger partial charge in [0.05, 0.1) is 30.0 Å². The number of benzene rings is 1. The van der Waals surface area contributed by atoms with Crippen LogP contribution in [-0.2, 0) is 4.79 Å². The Hall–Kier alpha value is -3.59. The van der Waals surface area contributed by atoms with E-state index in [9.17, 15) is 9.59 Å². The number of carbonyl (C=O) groups excluding carboxylic acids is 1. The van der Waals surface area contributed by atoms with Crippen LogP contribution >= 0.6 is 11.3 Å². The highest BCUT2D eigenvalue weighted by Gasteiger charge is 2.36. The summed E-state index contributed by atoms with van der Waals surface area (Å²) in [7, 11) is 3.14. The maximum absolute atomic E-state index is 13.8. The van der Waals surface area contributed by atoms with Crippen LogP contribution in [0.5, 0.6) is 11.5 Å². The van der Waals surface area contributed by atoms with Crippen molar-refractivity contribution in [1.29, 1.82) is 0 Å². The molecular formula is C26H29N3O5S. The highest BCUT2D eigenvalue weighted by Crippen LogP contribution is 2.38. The average Bonchev–Trinajstić information content (AvgIpc) is 3.40. The van der Waals surface area contributed by atoms with Crippen LogP contribution in [0.15, 0.2) is 55.8 Å². The number of rotatable bonds is 7. The van der Waals surface area contributed by atoms with Gasteiger partial charge in [0.15, 0.2) is 4.80 Å². The minimum absolute atomic E-state index is 0.165. The summed E-state index contributed by atoms with van der Waals surface area (Å²) in [6.07, 6.45) is 1.71. The van der Waals surface area contributed by atoms with E-state index in [0.29, 0.717) is 56.5 Å². The number of hydrogen-bond acceptors (Lipinski definition) is 7. The molecule has 0 saturated carbocycles. The van der Waals surface area contributed by atoms with Crippen molar-refractivity contribution < 1.29 is 18.7 Å². The van der Waals surface area contributed by atoms with Gasteiger partial charge in [0, 0.05) is 24.7 Å². The highest BCUT2D eigenvalue weighted by molar-refractivity contribution is 7.07. The number of methoxy groups -OCH3 is 2. The van der Waals surface area contributed by atoms with E-state index in [-0.39, 0.29) is 11.5 Å². The largest absolute Gasteiger partial charge is 0.497 e. The number of ether oxygens (including phenoxy) is 2. The van der Waals surface area contributed by atoms with E-state index in [0.717, 1.165) is 5.76 Å². The first-order valence-electron chi connectivity index (χ1n) is 11.4. The number of thiazole rings is 1. The van der Waals surface area contributed by atoms with Crippen LogP contribution in [0.25, 0.3) is 6.08 Å². The number of aryl methyl sites for hydroxylation is 1. The number of allylic oxidation sites excluding steroid dienone is 1. The number of likely N-dealkylation sites (N-methyl/N-ethyl adjacent to an activating group) is 1. The van der Waals surface area contributed by atoms with Gasteiger partial charge in [0.1, 0.15) is 29.1 Å².